The van der Waals surface area contributed by atoms with Gasteiger partial charge in [-0.05, 0) is 28.1 Å². The molecular weight excluding hydrogens is 348 g/mol. The van der Waals surface area contributed by atoms with Gasteiger partial charge in [0.05, 0.1) is 25.1 Å². The van der Waals surface area contributed by atoms with Crippen molar-refractivity contribution in [2.75, 3.05) is 38.4 Å². The Morgan fingerprint density at radius 3 is 2.60 bits per heavy atom. The quantitative estimate of drug-likeness (QED) is 0.790. The maximum absolute atomic E-state index is 11.9. The summed E-state index contributed by atoms with van der Waals surface area (Å²) in [4.78, 5) is 11.9. The molecule has 1 amide bonds. The van der Waals surface area contributed by atoms with Gasteiger partial charge >= 0.3 is 0 Å². The summed E-state index contributed by atoms with van der Waals surface area (Å²) in [5.41, 5.74) is 0.595. The van der Waals surface area contributed by atoms with Gasteiger partial charge in [0.15, 0.2) is 0 Å². The van der Waals surface area contributed by atoms with Crippen LogP contribution in [0.25, 0.3) is 0 Å². The molecule has 0 fully saturated rings. The van der Waals surface area contributed by atoms with Gasteiger partial charge in [-0.25, -0.2) is 8.42 Å². The zero-order chi connectivity index (χ0) is 15.2. The number of hydrogen-bond acceptors (Lipinski definition) is 4. The Hall–Kier alpha value is -0.960. The lowest BCUT2D eigenvalue weighted by atomic mass is 10.3. The molecule has 8 heteroatoms. The molecule has 0 spiro atoms. The molecule has 6 nitrogen and oxygen atoms in total. The van der Waals surface area contributed by atoms with E-state index < -0.39 is 15.9 Å². The van der Waals surface area contributed by atoms with Gasteiger partial charge < -0.3 is 10.1 Å². The third-order valence-corrected chi connectivity index (χ3v) is 4.42. The third kappa shape index (κ3) is 5.58. The molecule has 0 radical (unpaired) electrons. The Balaban J connectivity index is 2.69. The first-order valence-electron chi connectivity index (χ1n) is 5.83. The second-order valence-electron chi connectivity index (χ2n) is 4.12. The Kier molecular flexibility index (Phi) is 6.60. The van der Waals surface area contributed by atoms with E-state index in [1.165, 1.54) is 7.11 Å². The molecule has 0 atom stereocenters. The fourth-order valence-electron chi connectivity index (χ4n) is 1.47. The van der Waals surface area contributed by atoms with Crippen LogP contribution < -0.4 is 5.32 Å². The summed E-state index contributed by atoms with van der Waals surface area (Å²) in [7, 11) is -1.98. The number of halogens is 1. The van der Waals surface area contributed by atoms with Crippen molar-refractivity contribution in [3.63, 3.8) is 0 Å². The second-order valence-corrected chi connectivity index (χ2v) is 6.95. The summed E-state index contributed by atoms with van der Waals surface area (Å²) in [6, 6.07) is 7.11. The number of para-hydroxylation sites is 1. The molecule has 1 rings (SSSR count). The van der Waals surface area contributed by atoms with Gasteiger partial charge in [-0.15, -0.1) is 0 Å². The zero-order valence-corrected chi connectivity index (χ0v) is 13.7. The van der Waals surface area contributed by atoms with Crippen LogP contribution in [-0.2, 0) is 19.6 Å². The fraction of sp³-hybridized carbons (Fsp3) is 0.417. The van der Waals surface area contributed by atoms with E-state index in [1.807, 2.05) is 6.07 Å². The Bertz CT molecular complexity index is 562. The Morgan fingerprint density at radius 2 is 2.05 bits per heavy atom. The first-order valence-corrected chi connectivity index (χ1v) is 8.47. The van der Waals surface area contributed by atoms with Crippen LogP contribution in [0.2, 0.25) is 0 Å². The van der Waals surface area contributed by atoms with Crippen LogP contribution in [-0.4, -0.2) is 51.7 Å². The highest BCUT2D eigenvalue weighted by Gasteiger charge is 2.20. The Morgan fingerprint density at radius 1 is 1.40 bits per heavy atom. The largest absolute Gasteiger partial charge is 0.383 e. The van der Waals surface area contributed by atoms with Crippen molar-refractivity contribution in [2.24, 2.45) is 0 Å². The number of hydrogen-bond donors (Lipinski definition) is 1. The summed E-state index contributed by atoms with van der Waals surface area (Å²) in [6.07, 6.45) is 1.06. The topological polar surface area (TPSA) is 75.7 Å². The van der Waals surface area contributed by atoms with E-state index in [2.05, 4.69) is 21.2 Å². The van der Waals surface area contributed by atoms with Crippen molar-refractivity contribution < 1.29 is 17.9 Å². The van der Waals surface area contributed by atoms with Gasteiger partial charge in [0.25, 0.3) is 0 Å². The van der Waals surface area contributed by atoms with Crippen LogP contribution in [0, 0.1) is 0 Å². The minimum absolute atomic E-state index is 0.138. The Labute approximate surface area is 127 Å². The van der Waals surface area contributed by atoms with Crippen LogP contribution in [0.5, 0.6) is 0 Å². The summed E-state index contributed by atoms with van der Waals surface area (Å²) in [6.45, 7) is 0.123. The van der Waals surface area contributed by atoms with E-state index in [4.69, 9.17) is 4.74 Å². The van der Waals surface area contributed by atoms with E-state index in [0.717, 1.165) is 15.0 Å². The van der Waals surface area contributed by atoms with Gasteiger partial charge in [0.1, 0.15) is 0 Å². The molecule has 0 saturated heterocycles. The molecule has 1 N–H and O–H groups in total. The molecule has 0 aliphatic rings. The number of carbonyl (C=O) groups excluding carboxylic acids is 1. The van der Waals surface area contributed by atoms with Crippen molar-refractivity contribution in [1.29, 1.82) is 0 Å². The molecule has 0 aliphatic heterocycles. The average Bonchev–Trinajstić information content (AvgIpc) is 2.36. The average molecular weight is 365 g/mol. The van der Waals surface area contributed by atoms with Crippen molar-refractivity contribution in [1.82, 2.24) is 4.31 Å². The SMILES string of the molecule is COCCN(CC(=O)Nc1ccccc1Br)S(C)(=O)=O. The molecule has 0 aliphatic carbocycles. The van der Waals surface area contributed by atoms with E-state index in [9.17, 15) is 13.2 Å². The van der Waals surface area contributed by atoms with Gasteiger partial charge in [-0.3, -0.25) is 4.79 Å². The van der Waals surface area contributed by atoms with Gasteiger partial charge in [-0.2, -0.15) is 4.31 Å². The first kappa shape index (κ1) is 17.1. The van der Waals surface area contributed by atoms with Gasteiger partial charge in [0.2, 0.25) is 15.9 Å². The molecule has 0 heterocycles. The number of methoxy groups -OCH3 is 1. The molecule has 0 aromatic heterocycles. The van der Waals surface area contributed by atoms with E-state index in [0.29, 0.717) is 5.69 Å². The number of nitrogens with one attached hydrogen (secondary N) is 1. The van der Waals surface area contributed by atoms with Crippen LogP contribution in [0.4, 0.5) is 5.69 Å². The lowest BCUT2D eigenvalue weighted by Gasteiger charge is -2.19. The summed E-state index contributed by atoms with van der Waals surface area (Å²) >= 11 is 3.31. The van der Waals surface area contributed by atoms with Crippen molar-refractivity contribution in [2.45, 2.75) is 0 Å². The lowest BCUT2D eigenvalue weighted by Crippen LogP contribution is -2.39. The van der Waals surface area contributed by atoms with Crippen molar-refractivity contribution in [3.05, 3.63) is 28.7 Å². The standard InChI is InChI=1S/C12H17BrN2O4S/c1-19-8-7-15(20(2,17)18)9-12(16)14-11-6-4-3-5-10(11)13/h3-6H,7-9H2,1-2H3,(H,14,16). The molecule has 1 aromatic carbocycles. The molecule has 112 valence electrons. The molecule has 20 heavy (non-hydrogen) atoms. The van der Waals surface area contributed by atoms with Gasteiger partial charge in [0, 0.05) is 18.1 Å². The predicted molar refractivity (Wildman–Crippen MR) is 81.1 cm³/mol. The summed E-state index contributed by atoms with van der Waals surface area (Å²) < 4.78 is 29.8. The first-order chi connectivity index (χ1) is 9.34. The maximum atomic E-state index is 11.9. The number of rotatable bonds is 7. The number of nitrogens with zero attached hydrogens (tertiary/aromatic N) is 1. The lowest BCUT2D eigenvalue weighted by molar-refractivity contribution is -0.116. The minimum Gasteiger partial charge on any atom is -0.383 e. The molecule has 1 aromatic rings. The van der Waals surface area contributed by atoms with E-state index in [-0.39, 0.29) is 19.7 Å². The van der Waals surface area contributed by atoms with Crippen LogP contribution in [0.3, 0.4) is 0 Å². The van der Waals surface area contributed by atoms with Crippen molar-refractivity contribution in [3.8, 4) is 0 Å². The maximum Gasteiger partial charge on any atom is 0.239 e. The zero-order valence-electron chi connectivity index (χ0n) is 11.3. The number of ether oxygens (including phenoxy) is 1. The second kappa shape index (κ2) is 7.72. The fourth-order valence-corrected chi connectivity index (χ4v) is 2.61. The van der Waals surface area contributed by atoms with Crippen LogP contribution in [0.1, 0.15) is 0 Å². The summed E-state index contributed by atoms with van der Waals surface area (Å²) in [5, 5.41) is 2.66. The number of amides is 1. The third-order valence-electron chi connectivity index (χ3n) is 2.48. The van der Waals surface area contributed by atoms with Gasteiger partial charge in [-0.1, -0.05) is 12.1 Å². The number of benzene rings is 1. The van der Waals surface area contributed by atoms with E-state index in [1.54, 1.807) is 18.2 Å². The number of anilines is 1. The highest BCUT2D eigenvalue weighted by molar-refractivity contribution is 9.10. The highest BCUT2D eigenvalue weighted by Crippen LogP contribution is 2.21. The molecule has 0 unspecified atom stereocenters. The van der Waals surface area contributed by atoms with Crippen LogP contribution >= 0.6 is 15.9 Å². The number of carbonyl (C=O) groups is 1. The molecule has 0 bridgehead atoms. The van der Waals surface area contributed by atoms with Crippen molar-refractivity contribution >= 4 is 37.5 Å². The highest BCUT2D eigenvalue weighted by atomic mass is 79.9. The monoisotopic (exact) mass is 364 g/mol. The van der Waals surface area contributed by atoms with Crippen LogP contribution in [0.15, 0.2) is 28.7 Å². The predicted octanol–water partition coefficient (Wildman–Crippen LogP) is 1.30. The molecule has 0 saturated carbocycles. The smallest absolute Gasteiger partial charge is 0.239 e. The van der Waals surface area contributed by atoms with E-state index >= 15 is 0 Å². The molecular formula is C12H17BrN2O4S. The minimum atomic E-state index is -3.45. The summed E-state index contributed by atoms with van der Waals surface area (Å²) in [5.74, 6) is -0.404. The number of sulfonamides is 1. The normalized spacial score (nSPS) is 11.6.